The van der Waals surface area contributed by atoms with Crippen LogP contribution >= 0.6 is 11.6 Å². The molecule has 94 valence electrons. The molecule has 1 aromatic heterocycles. The number of rotatable bonds is 2. The zero-order valence-electron chi connectivity index (χ0n) is 10.2. The Bertz CT molecular complexity index is 514. The minimum Gasteiger partial charge on any atom is -0.278 e. The molecular formula is C13H13ClN2O2. The van der Waals surface area contributed by atoms with Crippen molar-refractivity contribution in [3.05, 3.63) is 29.0 Å². The smallest absolute Gasteiger partial charge is 0.233 e. The van der Waals surface area contributed by atoms with Crippen LogP contribution in [-0.4, -0.2) is 21.7 Å². The van der Waals surface area contributed by atoms with Gasteiger partial charge in [0.05, 0.1) is 18.4 Å². The van der Waals surface area contributed by atoms with Gasteiger partial charge in [0.15, 0.2) is 0 Å². The van der Waals surface area contributed by atoms with Crippen molar-refractivity contribution in [3.63, 3.8) is 0 Å². The topological polar surface area (TPSA) is 50.3 Å². The van der Waals surface area contributed by atoms with Gasteiger partial charge in [-0.05, 0) is 17.0 Å². The van der Waals surface area contributed by atoms with E-state index in [-0.39, 0.29) is 29.1 Å². The van der Waals surface area contributed by atoms with Crippen LogP contribution in [0.1, 0.15) is 19.4 Å². The first-order valence-corrected chi connectivity index (χ1v) is 6.26. The Hall–Kier alpha value is -1.42. The summed E-state index contributed by atoms with van der Waals surface area (Å²) in [5.74, 6) is -0.342. The van der Waals surface area contributed by atoms with E-state index in [2.05, 4.69) is 4.98 Å². The van der Waals surface area contributed by atoms with Crippen LogP contribution in [0.25, 0.3) is 0 Å². The summed E-state index contributed by atoms with van der Waals surface area (Å²) in [5.41, 5.74) is 0.670. The van der Waals surface area contributed by atoms with Crippen molar-refractivity contribution in [2.24, 2.45) is 17.3 Å². The number of pyridine rings is 1. The molecule has 0 spiro atoms. The average molecular weight is 265 g/mol. The van der Waals surface area contributed by atoms with Gasteiger partial charge < -0.3 is 0 Å². The molecule has 1 aliphatic heterocycles. The Labute approximate surface area is 110 Å². The van der Waals surface area contributed by atoms with E-state index < -0.39 is 0 Å². The Morgan fingerprint density at radius 1 is 1.28 bits per heavy atom. The molecule has 0 bridgehead atoms. The second-order valence-electron chi connectivity index (χ2n) is 5.53. The van der Waals surface area contributed by atoms with Crippen LogP contribution in [0.4, 0.5) is 0 Å². The summed E-state index contributed by atoms with van der Waals surface area (Å²) >= 11 is 5.69. The van der Waals surface area contributed by atoms with Gasteiger partial charge in [-0.15, -0.1) is 0 Å². The molecule has 0 N–H and O–H groups in total. The number of carbonyl (C=O) groups is 2. The predicted octanol–water partition coefficient (Wildman–Crippen LogP) is 1.88. The van der Waals surface area contributed by atoms with Crippen molar-refractivity contribution in [2.75, 3.05) is 0 Å². The highest BCUT2D eigenvalue weighted by atomic mass is 35.5. The molecular weight excluding hydrogens is 252 g/mol. The maximum atomic E-state index is 12.1. The summed E-state index contributed by atoms with van der Waals surface area (Å²) in [4.78, 5) is 29.5. The number of carbonyl (C=O) groups excluding carboxylic acids is 2. The van der Waals surface area contributed by atoms with E-state index in [0.29, 0.717) is 11.7 Å². The summed E-state index contributed by atoms with van der Waals surface area (Å²) < 4.78 is 0. The number of fused-ring (bicyclic) bond motifs is 1. The summed E-state index contributed by atoms with van der Waals surface area (Å²) in [7, 11) is 0. The fourth-order valence-corrected chi connectivity index (χ4v) is 2.95. The Kier molecular flexibility index (Phi) is 2.29. The number of piperidine rings is 1. The summed E-state index contributed by atoms with van der Waals surface area (Å²) in [6.45, 7) is 4.24. The zero-order valence-corrected chi connectivity index (χ0v) is 10.9. The van der Waals surface area contributed by atoms with Gasteiger partial charge in [0.25, 0.3) is 0 Å². The number of hydrogen-bond acceptors (Lipinski definition) is 3. The molecule has 3 rings (SSSR count). The van der Waals surface area contributed by atoms with Gasteiger partial charge in [0, 0.05) is 6.20 Å². The number of nitrogens with zero attached hydrogens (tertiary/aromatic N) is 2. The molecule has 2 amide bonds. The van der Waals surface area contributed by atoms with Crippen molar-refractivity contribution in [2.45, 2.75) is 20.4 Å². The Balaban J connectivity index is 1.78. The molecule has 2 fully saturated rings. The molecule has 0 aromatic carbocycles. The van der Waals surface area contributed by atoms with Gasteiger partial charge in [-0.1, -0.05) is 31.5 Å². The molecule has 18 heavy (non-hydrogen) atoms. The Morgan fingerprint density at radius 3 is 2.39 bits per heavy atom. The molecule has 1 saturated heterocycles. The van der Waals surface area contributed by atoms with Gasteiger partial charge in [-0.2, -0.15) is 0 Å². The lowest BCUT2D eigenvalue weighted by Crippen LogP contribution is -2.35. The fourth-order valence-electron chi connectivity index (χ4n) is 2.84. The predicted molar refractivity (Wildman–Crippen MR) is 65.6 cm³/mol. The van der Waals surface area contributed by atoms with Crippen LogP contribution in [-0.2, 0) is 16.1 Å². The third kappa shape index (κ3) is 1.48. The van der Waals surface area contributed by atoms with E-state index in [4.69, 9.17) is 11.6 Å². The van der Waals surface area contributed by atoms with E-state index in [1.54, 1.807) is 18.3 Å². The van der Waals surface area contributed by atoms with Gasteiger partial charge >= 0.3 is 0 Å². The van der Waals surface area contributed by atoms with E-state index in [1.807, 2.05) is 13.8 Å². The lowest BCUT2D eigenvalue weighted by molar-refractivity contribution is -0.143. The van der Waals surface area contributed by atoms with Crippen molar-refractivity contribution >= 4 is 23.4 Å². The number of likely N-dealkylation sites (tertiary alicyclic amines) is 1. The minimum absolute atomic E-state index is 0.0510. The first-order chi connectivity index (χ1) is 8.43. The highest BCUT2D eigenvalue weighted by Crippen LogP contribution is 2.63. The molecule has 2 atom stereocenters. The van der Waals surface area contributed by atoms with Crippen LogP contribution in [0.2, 0.25) is 5.15 Å². The quantitative estimate of drug-likeness (QED) is 0.605. The number of halogens is 1. The number of aromatic nitrogens is 1. The van der Waals surface area contributed by atoms with Crippen LogP contribution in [0.3, 0.4) is 0 Å². The average Bonchev–Trinajstić information content (AvgIpc) is 2.79. The standard InChI is InChI=1S/C13H13ClN2O2/c1-13(2)9-10(13)12(18)16(11(9)17)6-7-3-4-8(14)15-5-7/h3-5,9-10H,6H2,1-2H3. The lowest BCUT2D eigenvalue weighted by atomic mass is 10.1. The van der Waals surface area contributed by atoms with Crippen LogP contribution in [0.5, 0.6) is 0 Å². The molecule has 1 saturated carbocycles. The molecule has 4 nitrogen and oxygen atoms in total. The third-order valence-electron chi connectivity index (χ3n) is 4.02. The van der Waals surface area contributed by atoms with Crippen molar-refractivity contribution in [1.82, 2.24) is 9.88 Å². The van der Waals surface area contributed by atoms with Gasteiger partial charge in [-0.3, -0.25) is 14.5 Å². The molecule has 0 radical (unpaired) electrons. The van der Waals surface area contributed by atoms with Crippen LogP contribution in [0, 0.1) is 17.3 Å². The minimum atomic E-state index is -0.150. The van der Waals surface area contributed by atoms with Crippen LogP contribution in [0.15, 0.2) is 18.3 Å². The monoisotopic (exact) mass is 264 g/mol. The first-order valence-electron chi connectivity index (χ1n) is 5.88. The van der Waals surface area contributed by atoms with E-state index in [0.717, 1.165) is 5.56 Å². The zero-order chi connectivity index (χ0) is 13.1. The molecule has 5 heteroatoms. The summed E-state index contributed by atoms with van der Waals surface area (Å²) in [5, 5.41) is 0.404. The lowest BCUT2D eigenvalue weighted by Gasteiger charge is -2.20. The van der Waals surface area contributed by atoms with Crippen molar-refractivity contribution in [3.8, 4) is 0 Å². The molecule has 2 unspecified atom stereocenters. The molecule has 2 aliphatic rings. The molecule has 2 heterocycles. The van der Waals surface area contributed by atoms with Crippen molar-refractivity contribution < 1.29 is 9.59 Å². The summed E-state index contributed by atoms with van der Waals surface area (Å²) in [6, 6.07) is 3.44. The normalized spacial score (nSPS) is 28.5. The number of imide groups is 1. The largest absolute Gasteiger partial charge is 0.278 e. The summed E-state index contributed by atoms with van der Waals surface area (Å²) in [6.07, 6.45) is 1.60. The fraction of sp³-hybridized carbons (Fsp3) is 0.462. The maximum absolute atomic E-state index is 12.1. The number of hydrogen-bond donors (Lipinski definition) is 0. The van der Waals surface area contributed by atoms with E-state index in [1.165, 1.54) is 4.90 Å². The second-order valence-corrected chi connectivity index (χ2v) is 5.92. The van der Waals surface area contributed by atoms with Crippen LogP contribution < -0.4 is 0 Å². The Morgan fingerprint density at radius 2 is 1.89 bits per heavy atom. The van der Waals surface area contributed by atoms with E-state index in [9.17, 15) is 9.59 Å². The third-order valence-corrected chi connectivity index (χ3v) is 4.24. The van der Waals surface area contributed by atoms with Gasteiger partial charge in [0.1, 0.15) is 5.15 Å². The molecule has 1 aromatic rings. The maximum Gasteiger partial charge on any atom is 0.233 e. The van der Waals surface area contributed by atoms with E-state index >= 15 is 0 Å². The first kappa shape index (κ1) is 11.7. The van der Waals surface area contributed by atoms with Gasteiger partial charge in [-0.25, -0.2) is 4.98 Å². The number of amides is 2. The second kappa shape index (κ2) is 3.54. The SMILES string of the molecule is CC1(C)C2C(=O)N(Cc3ccc(Cl)nc3)C(=O)C21. The highest BCUT2D eigenvalue weighted by Gasteiger charge is 2.72. The van der Waals surface area contributed by atoms with Crippen molar-refractivity contribution in [1.29, 1.82) is 0 Å². The molecule has 1 aliphatic carbocycles. The van der Waals surface area contributed by atoms with Gasteiger partial charge in [0.2, 0.25) is 11.8 Å². The highest BCUT2D eigenvalue weighted by molar-refractivity contribution is 6.29.